The van der Waals surface area contributed by atoms with E-state index in [1.807, 2.05) is 133 Å². The molecule has 1 N–H and O–H groups in total. The highest BCUT2D eigenvalue weighted by atomic mass is 32.2. The molecule has 240 valence electrons. The van der Waals surface area contributed by atoms with Gasteiger partial charge in [0.1, 0.15) is 24.2 Å². The van der Waals surface area contributed by atoms with E-state index in [1.165, 1.54) is 39.8 Å². The van der Waals surface area contributed by atoms with Crippen molar-refractivity contribution in [1.82, 2.24) is 15.2 Å². The first-order chi connectivity index (χ1) is 23.4. The number of fused-ring (bicyclic) bond motifs is 1. The molecule has 5 aromatic rings. The number of aromatic nitrogens is 2. The Morgan fingerprint density at radius 2 is 1.58 bits per heavy atom. The van der Waals surface area contributed by atoms with Gasteiger partial charge in [0.15, 0.2) is 22.8 Å². The molecule has 1 fully saturated rings. The lowest BCUT2D eigenvalue weighted by atomic mass is 10.0. The zero-order valence-electron chi connectivity index (χ0n) is 25.9. The Morgan fingerprint density at radius 1 is 0.958 bits per heavy atom. The molecule has 2 amide bonds. The Balaban J connectivity index is 1.18. The average Bonchev–Trinajstić information content (AvgIpc) is 3.59. The lowest BCUT2D eigenvalue weighted by Crippen LogP contribution is -2.70. The van der Waals surface area contributed by atoms with Gasteiger partial charge in [0, 0.05) is 33.7 Å². The molecule has 4 heterocycles. The summed E-state index contributed by atoms with van der Waals surface area (Å²) in [5.74, 6) is -0.737. The van der Waals surface area contributed by atoms with Crippen LogP contribution in [0.4, 0.5) is 0 Å². The zero-order chi connectivity index (χ0) is 33.0. The minimum atomic E-state index is -0.745. The third-order valence-electron chi connectivity index (χ3n) is 8.05. The quantitative estimate of drug-likeness (QED) is 0.111. The van der Waals surface area contributed by atoms with Crippen LogP contribution in [-0.4, -0.2) is 44.8 Å². The Labute approximate surface area is 290 Å². The van der Waals surface area contributed by atoms with Gasteiger partial charge in [-0.1, -0.05) is 103 Å². The Morgan fingerprint density at radius 3 is 2.23 bits per heavy atom. The van der Waals surface area contributed by atoms with Crippen LogP contribution >= 0.6 is 34.9 Å². The molecule has 3 aromatic carbocycles. The number of β-lactam (4-membered cyclic amide) rings is 1. The monoisotopic (exact) mass is 691 g/mol. The Kier molecular flexibility index (Phi) is 9.42. The van der Waals surface area contributed by atoms with Crippen LogP contribution in [0.5, 0.6) is 0 Å². The Hall–Kier alpha value is -4.71. The van der Waals surface area contributed by atoms with Gasteiger partial charge in [-0.05, 0) is 16.7 Å². The molecule has 48 heavy (non-hydrogen) atoms. The average molecular weight is 692 g/mol. The first kappa shape index (κ1) is 31.9. The normalized spacial score (nSPS) is 17.1. The number of hydrogen-bond donors (Lipinski definition) is 1. The first-order valence-corrected chi connectivity index (χ1v) is 18.1. The van der Waals surface area contributed by atoms with Crippen LogP contribution in [0.1, 0.15) is 22.8 Å². The van der Waals surface area contributed by atoms with Crippen molar-refractivity contribution in [2.24, 2.45) is 7.05 Å². The molecule has 0 bridgehead atoms. The third-order valence-corrected chi connectivity index (χ3v) is 11.5. The number of nitrogens with zero attached hydrogens (tertiary/aromatic N) is 3. The molecule has 2 aliphatic rings. The molecule has 1 saturated heterocycles. The van der Waals surface area contributed by atoms with Crippen LogP contribution in [0.2, 0.25) is 0 Å². The lowest BCUT2D eigenvalue weighted by molar-refractivity contribution is -0.671. The second-order valence-corrected chi connectivity index (χ2v) is 14.7. The van der Waals surface area contributed by atoms with Crippen LogP contribution < -0.4 is 9.88 Å². The summed E-state index contributed by atoms with van der Waals surface area (Å²) in [6.07, 6.45) is 3.41. The number of hydrogen-bond acceptors (Lipinski definition) is 8. The SMILES string of the molecule is C[n+]1ccc(-c2csc(SC3=C(C(=O)OC(c4ccccc4)c4ccccc4)N4C(=O)C(NC(=O)Cc5ccccc5)C4SC3)n2)cc1. The van der Waals surface area contributed by atoms with Gasteiger partial charge in [-0.2, -0.15) is 0 Å². The number of pyridine rings is 1. The van der Waals surface area contributed by atoms with Crippen molar-refractivity contribution in [3.8, 4) is 11.3 Å². The number of ether oxygens (including phenoxy) is 1. The molecule has 2 unspecified atom stereocenters. The van der Waals surface area contributed by atoms with E-state index in [0.717, 1.165) is 32.3 Å². The van der Waals surface area contributed by atoms with Gasteiger partial charge in [0.2, 0.25) is 5.91 Å². The first-order valence-electron chi connectivity index (χ1n) is 15.4. The number of amides is 2. The highest BCUT2D eigenvalue weighted by Crippen LogP contribution is 2.47. The molecule has 0 radical (unpaired) electrons. The predicted octanol–water partition coefficient (Wildman–Crippen LogP) is 5.91. The van der Waals surface area contributed by atoms with Crippen molar-refractivity contribution in [2.75, 3.05) is 5.75 Å². The topological polar surface area (TPSA) is 92.5 Å². The second kappa shape index (κ2) is 14.2. The highest BCUT2D eigenvalue weighted by Gasteiger charge is 2.55. The van der Waals surface area contributed by atoms with E-state index in [4.69, 9.17) is 9.72 Å². The van der Waals surface area contributed by atoms with E-state index < -0.39 is 23.5 Å². The predicted molar refractivity (Wildman–Crippen MR) is 188 cm³/mol. The van der Waals surface area contributed by atoms with Crippen molar-refractivity contribution >= 4 is 52.6 Å². The smallest absolute Gasteiger partial charge is 0.356 e. The maximum absolute atomic E-state index is 14.3. The van der Waals surface area contributed by atoms with Crippen molar-refractivity contribution < 1.29 is 23.7 Å². The van der Waals surface area contributed by atoms with Gasteiger partial charge in [0.05, 0.1) is 12.1 Å². The standard InChI is InChI=1S/C37H30N4O4S3/c1-40-19-17-25(18-20-40)28-22-47-37(38-28)48-29-23-46-35-31(39-30(42)21-24-11-5-2-6-12-24)34(43)41(35)32(29)36(44)45-33(26-13-7-3-8-14-26)27-15-9-4-10-16-27/h2-20,22,31,33,35H,21,23H2,1H3/p+1. The maximum Gasteiger partial charge on any atom is 0.356 e. The fraction of sp³-hybridized carbons (Fsp3) is 0.162. The number of rotatable bonds is 10. The van der Waals surface area contributed by atoms with E-state index in [1.54, 1.807) is 0 Å². The van der Waals surface area contributed by atoms with Crippen LogP contribution in [0.25, 0.3) is 11.3 Å². The second-order valence-electron chi connectivity index (χ2n) is 11.3. The number of thiazole rings is 1. The molecular formula is C37H31N4O4S3+. The fourth-order valence-corrected chi connectivity index (χ4v) is 9.08. The van der Waals surface area contributed by atoms with Crippen LogP contribution in [0.3, 0.4) is 0 Å². The van der Waals surface area contributed by atoms with E-state index in [2.05, 4.69) is 5.32 Å². The zero-order valence-corrected chi connectivity index (χ0v) is 28.3. The van der Waals surface area contributed by atoms with Gasteiger partial charge in [-0.15, -0.1) is 23.1 Å². The summed E-state index contributed by atoms with van der Waals surface area (Å²) in [4.78, 5) is 48.1. The fourth-order valence-electron chi connectivity index (χ4n) is 5.63. The maximum atomic E-state index is 14.3. The van der Waals surface area contributed by atoms with Gasteiger partial charge in [-0.3, -0.25) is 14.5 Å². The molecule has 7 rings (SSSR count). The number of carbonyl (C=O) groups is 3. The summed E-state index contributed by atoms with van der Waals surface area (Å²) < 4.78 is 9.00. The lowest BCUT2D eigenvalue weighted by Gasteiger charge is -2.49. The summed E-state index contributed by atoms with van der Waals surface area (Å²) in [5, 5.41) is 4.46. The molecule has 8 nitrogen and oxygen atoms in total. The van der Waals surface area contributed by atoms with Crippen molar-refractivity contribution in [2.45, 2.75) is 28.3 Å². The van der Waals surface area contributed by atoms with Gasteiger partial charge >= 0.3 is 5.97 Å². The minimum Gasteiger partial charge on any atom is -0.448 e. The Bertz CT molecular complexity index is 1930. The number of carbonyl (C=O) groups excluding carboxylic acids is 3. The summed E-state index contributed by atoms with van der Waals surface area (Å²) >= 11 is 4.38. The molecule has 2 aromatic heterocycles. The number of aryl methyl sites for hydroxylation is 1. The minimum absolute atomic E-state index is 0.162. The molecule has 0 aliphatic carbocycles. The summed E-state index contributed by atoms with van der Waals surface area (Å²) in [6, 6.07) is 31.8. The van der Waals surface area contributed by atoms with Crippen molar-refractivity contribution in [1.29, 1.82) is 0 Å². The van der Waals surface area contributed by atoms with E-state index in [9.17, 15) is 14.4 Å². The van der Waals surface area contributed by atoms with Crippen LogP contribution in [-0.2, 0) is 32.6 Å². The third kappa shape index (κ3) is 6.80. The van der Waals surface area contributed by atoms with Crippen molar-refractivity contribution in [3.63, 3.8) is 0 Å². The molecule has 2 aliphatic heterocycles. The molecule has 0 saturated carbocycles. The van der Waals surface area contributed by atoms with E-state index >= 15 is 0 Å². The number of benzene rings is 3. The van der Waals surface area contributed by atoms with Gasteiger partial charge in [0.25, 0.3) is 5.91 Å². The summed E-state index contributed by atoms with van der Waals surface area (Å²) in [5.41, 5.74) is 4.51. The largest absolute Gasteiger partial charge is 0.448 e. The van der Waals surface area contributed by atoms with Gasteiger partial charge in [-0.25, -0.2) is 14.3 Å². The molecule has 2 atom stereocenters. The van der Waals surface area contributed by atoms with Crippen LogP contribution in [0.15, 0.2) is 136 Å². The number of thioether (sulfide) groups is 2. The molecule has 0 spiro atoms. The molecular weight excluding hydrogens is 661 g/mol. The summed E-state index contributed by atoms with van der Waals surface area (Å²) in [7, 11) is 1.96. The van der Waals surface area contributed by atoms with E-state index in [0.29, 0.717) is 10.7 Å². The van der Waals surface area contributed by atoms with Gasteiger partial charge < -0.3 is 10.1 Å². The number of esters is 1. The number of nitrogens with one attached hydrogen (secondary N) is 1. The van der Waals surface area contributed by atoms with Crippen LogP contribution in [0, 0.1) is 0 Å². The highest BCUT2D eigenvalue weighted by molar-refractivity contribution is 8.07. The summed E-state index contributed by atoms with van der Waals surface area (Å²) in [6.45, 7) is 0. The van der Waals surface area contributed by atoms with E-state index in [-0.39, 0.29) is 23.9 Å². The van der Waals surface area contributed by atoms with Crippen molar-refractivity contribution in [3.05, 3.63) is 148 Å². The molecule has 11 heteroatoms.